The summed E-state index contributed by atoms with van der Waals surface area (Å²) in [6.07, 6.45) is -1.56. The number of rotatable bonds is 4. The number of carboxylic acid groups (broad SMARTS) is 1. The second kappa shape index (κ2) is 6.66. The molecule has 9 nitrogen and oxygen atoms in total. The molecule has 3 heterocycles. The summed E-state index contributed by atoms with van der Waals surface area (Å²) in [5.74, 6) is -0.868. The number of fused-ring (bicyclic) bond motifs is 2. The van der Waals surface area contributed by atoms with Crippen LogP contribution in [0.3, 0.4) is 0 Å². The predicted molar refractivity (Wildman–Crippen MR) is 99.5 cm³/mol. The number of furan rings is 1. The van der Waals surface area contributed by atoms with Crippen molar-refractivity contribution in [1.29, 1.82) is 0 Å². The van der Waals surface area contributed by atoms with Gasteiger partial charge in [0.1, 0.15) is 11.3 Å². The molecular formula is C18H18N3O6S+. The molecule has 146 valence electrons. The lowest BCUT2D eigenvalue weighted by molar-refractivity contribution is -0.906. The molecule has 2 amide bonds. The molecule has 4 N–H and O–H groups in total. The highest BCUT2D eigenvalue weighted by Crippen LogP contribution is 2.54. The highest BCUT2D eigenvalue weighted by atomic mass is 32.2. The van der Waals surface area contributed by atoms with Crippen LogP contribution in [0.15, 0.2) is 46.2 Å². The third-order valence-electron chi connectivity index (χ3n) is 4.86. The number of amides is 2. The van der Waals surface area contributed by atoms with E-state index in [2.05, 4.69) is 5.43 Å². The summed E-state index contributed by atoms with van der Waals surface area (Å²) in [4.78, 5) is 36.6. The number of hydrogen-bond donors (Lipinski definition) is 3. The Bertz CT molecular complexity index is 998. The van der Waals surface area contributed by atoms with Crippen molar-refractivity contribution in [1.82, 2.24) is 5.43 Å². The number of hydrogen-bond acceptors (Lipinski definition) is 7. The van der Waals surface area contributed by atoms with Crippen LogP contribution in [0, 0.1) is 0 Å². The maximum absolute atomic E-state index is 13.3. The molecule has 0 saturated carbocycles. The Balaban J connectivity index is 1.79. The fraction of sp³-hybridized carbons (Fsp3) is 0.278. The van der Waals surface area contributed by atoms with Gasteiger partial charge in [-0.3, -0.25) is 4.79 Å². The van der Waals surface area contributed by atoms with Gasteiger partial charge in [-0.2, -0.15) is 5.43 Å². The predicted octanol–water partition coefficient (Wildman–Crippen LogP) is 1.86. The van der Waals surface area contributed by atoms with Gasteiger partial charge in [-0.25, -0.2) is 9.59 Å². The number of benzene rings is 1. The first kappa shape index (κ1) is 18.5. The van der Waals surface area contributed by atoms with E-state index in [0.717, 1.165) is 5.39 Å². The fourth-order valence-corrected chi connectivity index (χ4v) is 5.14. The number of quaternary nitrogens is 1. The Hall–Kier alpha value is -2.82. The Morgan fingerprint density at radius 1 is 1.43 bits per heavy atom. The van der Waals surface area contributed by atoms with Crippen molar-refractivity contribution in [2.24, 2.45) is 5.73 Å². The third-order valence-corrected chi connectivity index (χ3v) is 6.39. The van der Waals surface area contributed by atoms with E-state index in [1.54, 1.807) is 19.1 Å². The van der Waals surface area contributed by atoms with Crippen LogP contribution < -0.4 is 11.2 Å². The first-order chi connectivity index (χ1) is 13.4. The van der Waals surface area contributed by atoms with E-state index in [1.165, 1.54) is 11.8 Å². The van der Waals surface area contributed by atoms with E-state index in [-0.39, 0.29) is 12.4 Å². The summed E-state index contributed by atoms with van der Waals surface area (Å²) < 4.78 is 10.1. The monoisotopic (exact) mass is 404 g/mol. The zero-order valence-corrected chi connectivity index (χ0v) is 15.7. The molecule has 1 aromatic carbocycles. The Morgan fingerprint density at radius 3 is 2.86 bits per heavy atom. The Morgan fingerprint density at radius 2 is 2.18 bits per heavy atom. The molecule has 0 radical (unpaired) electrons. The van der Waals surface area contributed by atoms with Crippen molar-refractivity contribution < 1.29 is 33.2 Å². The van der Waals surface area contributed by atoms with Gasteiger partial charge >= 0.3 is 17.9 Å². The van der Waals surface area contributed by atoms with Gasteiger partial charge in [-0.1, -0.05) is 34.6 Å². The lowest BCUT2D eigenvalue weighted by Gasteiger charge is -2.51. The Labute approximate surface area is 163 Å². The summed E-state index contributed by atoms with van der Waals surface area (Å²) in [5, 5.41) is 9.47. The zero-order chi connectivity index (χ0) is 20.1. The van der Waals surface area contributed by atoms with Crippen molar-refractivity contribution in [3.63, 3.8) is 0 Å². The van der Waals surface area contributed by atoms with E-state index in [4.69, 9.17) is 20.0 Å². The summed E-state index contributed by atoms with van der Waals surface area (Å²) in [7, 11) is 0. The molecule has 28 heavy (non-hydrogen) atoms. The van der Waals surface area contributed by atoms with Crippen LogP contribution in [0.25, 0.3) is 11.0 Å². The molecule has 1 saturated heterocycles. The SMILES string of the molecule is CC1=C(OC(=O)O)[N+]2(NC(=O)CN)C(=O)C(c3cc4ccccc4o3)[C@@H]2SC1. The minimum atomic E-state index is -1.56. The molecular weight excluding hydrogens is 386 g/mol. The largest absolute Gasteiger partial charge is 0.515 e. The molecule has 0 spiro atoms. The summed E-state index contributed by atoms with van der Waals surface area (Å²) >= 11 is 1.42. The van der Waals surface area contributed by atoms with Gasteiger partial charge in [0, 0.05) is 16.7 Å². The van der Waals surface area contributed by atoms with Crippen LogP contribution in [0.1, 0.15) is 18.6 Å². The van der Waals surface area contributed by atoms with E-state index in [0.29, 0.717) is 22.7 Å². The van der Waals surface area contributed by atoms with Crippen molar-refractivity contribution in [2.75, 3.05) is 12.3 Å². The van der Waals surface area contributed by atoms with Crippen molar-refractivity contribution in [2.45, 2.75) is 18.2 Å². The first-order valence-electron chi connectivity index (χ1n) is 8.54. The molecule has 2 aliphatic heterocycles. The van der Waals surface area contributed by atoms with Crippen LogP contribution >= 0.6 is 11.8 Å². The van der Waals surface area contributed by atoms with Crippen LogP contribution in [-0.4, -0.2) is 45.3 Å². The smallest absolute Gasteiger partial charge is 0.460 e. The van der Waals surface area contributed by atoms with Gasteiger partial charge < -0.3 is 20.0 Å². The molecule has 0 bridgehead atoms. The number of β-lactam (4-membered cyclic amide) rings is 1. The zero-order valence-electron chi connectivity index (χ0n) is 14.9. The van der Waals surface area contributed by atoms with Gasteiger partial charge in [0.2, 0.25) is 0 Å². The number of para-hydroxylation sites is 1. The normalized spacial score (nSPS) is 26.6. The van der Waals surface area contributed by atoms with E-state index in [1.807, 2.05) is 18.2 Å². The van der Waals surface area contributed by atoms with Gasteiger partial charge in [0.15, 0.2) is 11.3 Å². The number of nitrogens with zero attached hydrogens (tertiary/aromatic N) is 1. The second-order valence-corrected chi connectivity index (χ2v) is 7.72. The molecule has 4 rings (SSSR count). The van der Waals surface area contributed by atoms with Crippen LogP contribution in [0.2, 0.25) is 0 Å². The molecule has 1 aromatic heterocycles. The maximum atomic E-state index is 13.3. The van der Waals surface area contributed by atoms with Gasteiger partial charge in [0.25, 0.3) is 5.91 Å². The highest BCUT2D eigenvalue weighted by molar-refractivity contribution is 8.00. The number of ether oxygens (including phenoxy) is 1. The molecule has 2 unspecified atom stereocenters. The molecule has 2 aliphatic rings. The van der Waals surface area contributed by atoms with E-state index in [9.17, 15) is 14.4 Å². The first-order valence-corrected chi connectivity index (χ1v) is 9.59. The molecule has 3 atom stereocenters. The number of thioether (sulfide) groups is 1. The van der Waals surface area contributed by atoms with Gasteiger partial charge in [0.05, 0.1) is 6.54 Å². The minimum absolute atomic E-state index is 0.101. The van der Waals surface area contributed by atoms with Crippen LogP contribution in [-0.2, 0) is 14.3 Å². The number of carbonyl (C=O) groups excluding carboxylic acids is 2. The van der Waals surface area contributed by atoms with E-state index < -0.39 is 33.9 Å². The van der Waals surface area contributed by atoms with Gasteiger partial charge in [-0.15, -0.1) is 0 Å². The maximum Gasteiger partial charge on any atom is 0.515 e. The number of nitrogens with one attached hydrogen (secondary N) is 1. The van der Waals surface area contributed by atoms with Crippen LogP contribution in [0.4, 0.5) is 4.79 Å². The minimum Gasteiger partial charge on any atom is -0.460 e. The average Bonchev–Trinajstić information content (AvgIpc) is 3.08. The molecule has 0 aliphatic carbocycles. The average molecular weight is 404 g/mol. The quantitative estimate of drug-likeness (QED) is 0.400. The number of carbonyl (C=O) groups is 3. The van der Waals surface area contributed by atoms with Crippen LogP contribution in [0.5, 0.6) is 0 Å². The lowest BCUT2D eigenvalue weighted by Crippen LogP contribution is -2.79. The third kappa shape index (κ3) is 2.60. The number of nitrogens with two attached hydrogens (primary N) is 1. The lowest BCUT2D eigenvalue weighted by atomic mass is 9.92. The van der Waals surface area contributed by atoms with E-state index >= 15 is 0 Å². The summed E-state index contributed by atoms with van der Waals surface area (Å²) in [6.45, 7) is 1.32. The summed E-state index contributed by atoms with van der Waals surface area (Å²) in [6, 6.07) is 9.17. The van der Waals surface area contributed by atoms with Crippen molar-refractivity contribution in [3.05, 3.63) is 47.5 Å². The molecule has 2 aromatic rings. The fourth-order valence-electron chi connectivity index (χ4n) is 3.68. The summed E-state index contributed by atoms with van der Waals surface area (Å²) in [5.41, 5.74) is 9.18. The molecule has 10 heteroatoms. The molecule has 1 fully saturated rings. The standard InChI is InChI=1S/C18H17N3O6S/c1-9-8-28-17-14(12-6-10-4-2-3-5-11(10)26-12)15(23)21(17,20-13(22)7-19)16(9)27-18(24)25/h2-6,14,17H,7-8,19H2,1H3,(H-,20,22,24,25)/p+1/t14?,17-,21?/m0/s1. The topological polar surface area (TPSA) is 132 Å². The van der Waals surface area contributed by atoms with Gasteiger partial charge in [-0.05, 0) is 19.1 Å². The van der Waals surface area contributed by atoms with Crippen molar-refractivity contribution in [3.8, 4) is 0 Å². The highest BCUT2D eigenvalue weighted by Gasteiger charge is 2.73. The van der Waals surface area contributed by atoms with Crippen molar-refractivity contribution >= 4 is 40.7 Å². The second-order valence-electron chi connectivity index (χ2n) is 6.62. The Kier molecular flexibility index (Phi) is 4.41.